The first-order valence-corrected chi connectivity index (χ1v) is 8.27. The van der Waals surface area contributed by atoms with Gasteiger partial charge in [0.2, 0.25) is 5.91 Å². The van der Waals surface area contributed by atoms with Crippen LogP contribution in [0.4, 0.5) is 5.69 Å². The molecule has 0 aliphatic carbocycles. The first kappa shape index (κ1) is 14.3. The summed E-state index contributed by atoms with van der Waals surface area (Å²) < 4.78 is 0. The molecule has 1 heterocycles. The zero-order valence-corrected chi connectivity index (χ0v) is 12.3. The quantitative estimate of drug-likeness (QED) is 0.899. The summed E-state index contributed by atoms with van der Waals surface area (Å²) in [4.78, 5) is 14.1. The minimum absolute atomic E-state index is 0.300. The van der Waals surface area contributed by atoms with Gasteiger partial charge in [0.1, 0.15) is 0 Å². The molecular formula is C15H22N2OS. The van der Waals surface area contributed by atoms with Crippen LogP contribution in [0.15, 0.2) is 30.3 Å². The van der Waals surface area contributed by atoms with Gasteiger partial charge in [-0.25, -0.2) is 0 Å². The van der Waals surface area contributed by atoms with Gasteiger partial charge in [-0.1, -0.05) is 18.2 Å². The SMILES string of the molecule is CSCCC(=O)N1CCC[C@@H](Nc2ccccc2)C1. The maximum Gasteiger partial charge on any atom is 0.223 e. The summed E-state index contributed by atoms with van der Waals surface area (Å²) in [7, 11) is 0. The van der Waals surface area contributed by atoms with Crippen LogP contribution in [0.2, 0.25) is 0 Å². The number of hydrogen-bond donors (Lipinski definition) is 1. The molecule has 1 fully saturated rings. The van der Waals surface area contributed by atoms with Crippen molar-refractivity contribution in [3.05, 3.63) is 30.3 Å². The van der Waals surface area contributed by atoms with Crippen molar-refractivity contribution in [2.45, 2.75) is 25.3 Å². The highest BCUT2D eigenvalue weighted by Crippen LogP contribution is 2.16. The lowest BCUT2D eigenvalue weighted by molar-refractivity contribution is -0.131. The fourth-order valence-electron chi connectivity index (χ4n) is 2.44. The molecule has 1 aromatic rings. The Morgan fingerprint density at radius 2 is 2.21 bits per heavy atom. The molecule has 104 valence electrons. The van der Waals surface area contributed by atoms with E-state index in [2.05, 4.69) is 17.4 Å². The average molecular weight is 278 g/mol. The third-order valence-electron chi connectivity index (χ3n) is 3.44. The molecule has 1 aromatic carbocycles. The van der Waals surface area contributed by atoms with Crippen LogP contribution in [-0.2, 0) is 4.79 Å². The molecule has 0 aromatic heterocycles. The Labute approximate surface area is 119 Å². The Morgan fingerprint density at radius 3 is 2.95 bits per heavy atom. The monoisotopic (exact) mass is 278 g/mol. The molecule has 1 N–H and O–H groups in total. The van der Waals surface area contributed by atoms with Crippen LogP contribution < -0.4 is 5.32 Å². The molecule has 1 amide bonds. The van der Waals surface area contributed by atoms with E-state index < -0.39 is 0 Å². The second kappa shape index (κ2) is 7.43. The first-order chi connectivity index (χ1) is 9.29. The number of thioether (sulfide) groups is 1. The van der Waals surface area contributed by atoms with Crippen LogP contribution in [-0.4, -0.2) is 41.9 Å². The first-order valence-electron chi connectivity index (χ1n) is 6.88. The molecule has 0 radical (unpaired) electrons. The molecule has 1 atom stereocenters. The Bertz CT molecular complexity index is 396. The summed E-state index contributed by atoms with van der Waals surface area (Å²) in [6.07, 6.45) is 4.94. The van der Waals surface area contributed by atoms with E-state index in [0.717, 1.165) is 37.4 Å². The lowest BCUT2D eigenvalue weighted by atomic mass is 10.0. The highest BCUT2D eigenvalue weighted by molar-refractivity contribution is 7.98. The molecule has 3 nitrogen and oxygen atoms in total. The molecule has 0 saturated carbocycles. The number of anilines is 1. The predicted molar refractivity (Wildman–Crippen MR) is 82.7 cm³/mol. The van der Waals surface area contributed by atoms with Gasteiger partial charge in [0, 0.05) is 37.0 Å². The van der Waals surface area contributed by atoms with Gasteiger partial charge in [-0.2, -0.15) is 11.8 Å². The number of para-hydroxylation sites is 1. The van der Waals surface area contributed by atoms with Gasteiger partial charge in [0.25, 0.3) is 0 Å². The number of hydrogen-bond acceptors (Lipinski definition) is 3. The van der Waals surface area contributed by atoms with Crippen molar-refractivity contribution in [3.8, 4) is 0 Å². The lowest BCUT2D eigenvalue weighted by Gasteiger charge is -2.33. The number of likely N-dealkylation sites (tertiary alicyclic amines) is 1. The third-order valence-corrected chi connectivity index (χ3v) is 4.05. The Hall–Kier alpha value is -1.16. The van der Waals surface area contributed by atoms with Crippen LogP contribution in [0.25, 0.3) is 0 Å². The summed E-state index contributed by atoms with van der Waals surface area (Å²) in [5.74, 6) is 1.22. The average Bonchev–Trinajstić information content (AvgIpc) is 2.46. The number of carbonyl (C=O) groups excluding carboxylic acids is 1. The molecule has 19 heavy (non-hydrogen) atoms. The molecule has 0 spiro atoms. The number of carbonyl (C=O) groups is 1. The van der Waals surface area contributed by atoms with E-state index in [1.165, 1.54) is 0 Å². The maximum absolute atomic E-state index is 12.0. The molecule has 1 aliphatic heterocycles. The second-order valence-electron chi connectivity index (χ2n) is 4.93. The van der Waals surface area contributed by atoms with E-state index >= 15 is 0 Å². The summed E-state index contributed by atoms with van der Waals surface area (Å²) in [6.45, 7) is 1.75. The van der Waals surface area contributed by atoms with Gasteiger partial charge < -0.3 is 10.2 Å². The zero-order valence-electron chi connectivity index (χ0n) is 11.5. The molecule has 0 unspecified atom stereocenters. The second-order valence-corrected chi connectivity index (χ2v) is 5.92. The Balaban J connectivity index is 1.85. The van der Waals surface area contributed by atoms with E-state index in [0.29, 0.717) is 18.4 Å². The van der Waals surface area contributed by atoms with Crippen LogP contribution in [0, 0.1) is 0 Å². The van der Waals surface area contributed by atoms with Crippen molar-refractivity contribution >= 4 is 23.4 Å². The lowest BCUT2D eigenvalue weighted by Crippen LogP contribution is -2.45. The van der Waals surface area contributed by atoms with Gasteiger partial charge in [-0.05, 0) is 31.2 Å². The summed E-state index contributed by atoms with van der Waals surface area (Å²) in [5, 5.41) is 3.52. The highest BCUT2D eigenvalue weighted by Gasteiger charge is 2.22. The number of piperidine rings is 1. The van der Waals surface area contributed by atoms with Gasteiger partial charge in [0.15, 0.2) is 0 Å². The minimum Gasteiger partial charge on any atom is -0.381 e. The topological polar surface area (TPSA) is 32.3 Å². The summed E-state index contributed by atoms with van der Waals surface area (Å²) in [6, 6.07) is 10.6. The number of benzene rings is 1. The Morgan fingerprint density at radius 1 is 1.42 bits per heavy atom. The number of nitrogens with one attached hydrogen (secondary N) is 1. The Kier molecular flexibility index (Phi) is 5.58. The van der Waals surface area contributed by atoms with Gasteiger partial charge in [-0.15, -0.1) is 0 Å². The van der Waals surface area contributed by atoms with Crippen LogP contribution in [0.3, 0.4) is 0 Å². The van der Waals surface area contributed by atoms with E-state index in [4.69, 9.17) is 0 Å². The number of amides is 1. The van der Waals surface area contributed by atoms with E-state index in [-0.39, 0.29) is 0 Å². The summed E-state index contributed by atoms with van der Waals surface area (Å²) >= 11 is 1.73. The fourth-order valence-corrected chi connectivity index (χ4v) is 2.82. The van der Waals surface area contributed by atoms with Crippen molar-refractivity contribution in [2.24, 2.45) is 0 Å². The largest absolute Gasteiger partial charge is 0.381 e. The van der Waals surface area contributed by atoms with Crippen molar-refractivity contribution in [2.75, 3.05) is 30.4 Å². The van der Waals surface area contributed by atoms with Crippen LogP contribution in [0.1, 0.15) is 19.3 Å². The number of rotatable bonds is 5. The van der Waals surface area contributed by atoms with Gasteiger partial charge in [-0.3, -0.25) is 4.79 Å². The molecule has 4 heteroatoms. The maximum atomic E-state index is 12.0. The van der Waals surface area contributed by atoms with Crippen molar-refractivity contribution in [1.82, 2.24) is 4.90 Å². The highest BCUT2D eigenvalue weighted by atomic mass is 32.2. The van der Waals surface area contributed by atoms with E-state index in [9.17, 15) is 4.79 Å². The van der Waals surface area contributed by atoms with Gasteiger partial charge >= 0.3 is 0 Å². The fraction of sp³-hybridized carbons (Fsp3) is 0.533. The van der Waals surface area contributed by atoms with Crippen molar-refractivity contribution < 1.29 is 4.79 Å². The number of nitrogens with zero attached hydrogens (tertiary/aromatic N) is 1. The smallest absolute Gasteiger partial charge is 0.223 e. The minimum atomic E-state index is 0.300. The molecule has 1 saturated heterocycles. The van der Waals surface area contributed by atoms with Crippen LogP contribution >= 0.6 is 11.8 Å². The predicted octanol–water partition coefficient (Wildman–Crippen LogP) is 2.84. The van der Waals surface area contributed by atoms with E-state index in [1.54, 1.807) is 11.8 Å². The van der Waals surface area contributed by atoms with Crippen molar-refractivity contribution in [1.29, 1.82) is 0 Å². The molecule has 2 rings (SSSR count). The molecule has 1 aliphatic rings. The molecule has 0 bridgehead atoms. The third kappa shape index (κ3) is 4.46. The van der Waals surface area contributed by atoms with Gasteiger partial charge in [0.05, 0.1) is 0 Å². The zero-order chi connectivity index (χ0) is 13.5. The normalized spacial score (nSPS) is 19.2. The van der Waals surface area contributed by atoms with Crippen LogP contribution in [0.5, 0.6) is 0 Å². The standard InChI is InChI=1S/C15H22N2OS/c1-19-11-9-15(18)17-10-5-8-14(12-17)16-13-6-3-2-4-7-13/h2-4,6-7,14,16H,5,8-12H2,1H3/t14-/m1/s1. The molecular weight excluding hydrogens is 256 g/mol. The van der Waals surface area contributed by atoms with Crippen molar-refractivity contribution in [3.63, 3.8) is 0 Å². The summed E-state index contributed by atoms with van der Waals surface area (Å²) in [5.41, 5.74) is 1.14. The van der Waals surface area contributed by atoms with E-state index in [1.807, 2.05) is 29.4 Å².